The summed E-state index contributed by atoms with van der Waals surface area (Å²) in [7, 11) is 2.05. The number of urea groups is 1. The number of hydrogen-bond acceptors (Lipinski definition) is 5. The summed E-state index contributed by atoms with van der Waals surface area (Å²) in [5, 5.41) is 2.86. The zero-order chi connectivity index (χ0) is 19.6. The number of carbonyl (C=O) groups is 3. The molecular weight excluding hydrogens is 364 g/mol. The van der Waals surface area contributed by atoms with Gasteiger partial charge >= 0.3 is 6.03 Å². The molecule has 2 fully saturated rings. The topological polar surface area (TPSA) is 73.0 Å². The molecule has 0 bridgehead atoms. The fourth-order valence-corrected chi connectivity index (χ4v) is 4.28. The molecule has 0 aromatic heterocycles. The Labute approximate surface area is 167 Å². The summed E-state index contributed by atoms with van der Waals surface area (Å²) >= 11 is 1.24. The molecule has 0 aromatic rings. The summed E-state index contributed by atoms with van der Waals surface area (Å²) in [5.41, 5.74) is 0. The van der Waals surface area contributed by atoms with Crippen molar-refractivity contribution in [2.24, 2.45) is 5.92 Å². The molecule has 0 spiro atoms. The Balaban J connectivity index is 1.77. The molecule has 8 heteroatoms. The SMILES string of the molecule is CC(=O)SCCN(CCC1CCCC1)C(=O)NCC(=O)N1CCN(C)CC1. The van der Waals surface area contributed by atoms with E-state index in [2.05, 4.69) is 10.2 Å². The monoisotopic (exact) mass is 398 g/mol. The predicted octanol–water partition coefficient (Wildman–Crippen LogP) is 1.63. The number of carbonyl (C=O) groups excluding carboxylic acids is 3. The molecule has 1 aliphatic carbocycles. The van der Waals surface area contributed by atoms with Gasteiger partial charge < -0.3 is 20.0 Å². The van der Waals surface area contributed by atoms with E-state index in [4.69, 9.17) is 0 Å². The van der Waals surface area contributed by atoms with Crippen molar-refractivity contribution < 1.29 is 14.4 Å². The van der Waals surface area contributed by atoms with Gasteiger partial charge in [-0.1, -0.05) is 37.4 Å². The summed E-state index contributed by atoms with van der Waals surface area (Å²) in [6.07, 6.45) is 6.08. The molecule has 154 valence electrons. The third-order valence-corrected chi connectivity index (χ3v) is 6.28. The Bertz CT molecular complexity index is 503. The first-order valence-electron chi connectivity index (χ1n) is 10.1. The first-order valence-corrected chi connectivity index (χ1v) is 11.1. The molecule has 1 N–H and O–H groups in total. The summed E-state index contributed by atoms with van der Waals surface area (Å²) < 4.78 is 0. The van der Waals surface area contributed by atoms with E-state index in [1.807, 2.05) is 11.9 Å². The Hall–Kier alpha value is -1.28. The Morgan fingerprint density at radius 2 is 1.74 bits per heavy atom. The molecule has 27 heavy (non-hydrogen) atoms. The third-order valence-electron chi connectivity index (χ3n) is 5.48. The molecule has 0 aromatic carbocycles. The first kappa shape index (κ1) is 22.0. The largest absolute Gasteiger partial charge is 0.339 e. The minimum Gasteiger partial charge on any atom is -0.339 e. The Kier molecular flexibility index (Phi) is 9.41. The van der Waals surface area contributed by atoms with Crippen molar-refractivity contribution in [1.29, 1.82) is 0 Å². The zero-order valence-corrected chi connectivity index (χ0v) is 17.6. The van der Waals surface area contributed by atoms with E-state index in [0.29, 0.717) is 37.8 Å². The lowest BCUT2D eigenvalue weighted by molar-refractivity contribution is -0.131. The fraction of sp³-hybridized carbons (Fsp3) is 0.842. The highest BCUT2D eigenvalue weighted by Gasteiger charge is 2.22. The second-order valence-electron chi connectivity index (χ2n) is 7.61. The molecule has 0 atom stereocenters. The number of nitrogens with one attached hydrogen (secondary N) is 1. The fourth-order valence-electron chi connectivity index (χ4n) is 3.68. The normalized spacial score (nSPS) is 18.5. The van der Waals surface area contributed by atoms with Crippen LogP contribution in [0.25, 0.3) is 0 Å². The number of rotatable bonds is 8. The van der Waals surface area contributed by atoms with Gasteiger partial charge in [0.2, 0.25) is 5.91 Å². The molecule has 0 radical (unpaired) electrons. The van der Waals surface area contributed by atoms with Gasteiger partial charge in [0.05, 0.1) is 6.54 Å². The number of hydrogen-bond donors (Lipinski definition) is 1. The second-order valence-corrected chi connectivity index (χ2v) is 8.88. The van der Waals surface area contributed by atoms with Crippen molar-refractivity contribution in [3.8, 4) is 0 Å². The summed E-state index contributed by atoms with van der Waals surface area (Å²) in [6, 6.07) is -0.195. The summed E-state index contributed by atoms with van der Waals surface area (Å²) in [6.45, 7) is 5.98. The number of thioether (sulfide) groups is 1. The molecule has 2 aliphatic rings. The molecule has 7 nitrogen and oxygen atoms in total. The van der Waals surface area contributed by atoms with Crippen molar-refractivity contribution >= 4 is 28.8 Å². The zero-order valence-electron chi connectivity index (χ0n) is 16.7. The molecular formula is C19H34N4O3S. The van der Waals surface area contributed by atoms with Crippen LogP contribution in [0.3, 0.4) is 0 Å². The van der Waals surface area contributed by atoms with E-state index < -0.39 is 0 Å². The van der Waals surface area contributed by atoms with Crippen LogP contribution in [-0.4, -0.2) is 90.4 Å². The third kappa shape index (κ3) is 8.09. The van der Waals surface area contributed by atoms with Crippen molar-refractivity contribution in [2.75, 3.05) is 58.6 Å². The maximum Gasteiger partial charge on any atom is 0.317 e. The standard InChI is InChI=1S/C19H34N4O3S/c1-16(24)27-14-13-23(8-7-17-5-3-4-6-17)19(26)20-15-18(25)22-11-9-21(2)10-12-22/h17H,3-15H2,1-2H3,(H,20,26). The minimum atomic E-state index is -0.195. The highest BCUT2D eigenvalue weighted by molar-refractivity contribution is 8.13. The second kappa shape index (κ2) is 11.5. The van der Waals surface area contributed by atoms with Crippen LogP contribution in [0, 0.1) is 5.92 Å². The van der Waals surface area contributed by atoms with Crippen molar-refractivity contribution in [2.45, 2.75) is 39.0 Å². The van der Waals surface area contributed by atoms with Crippen LogP contribution < -0.4 is 5.32 Å². The van der Waals surface area contributed by atoms with E-state index in [0.717, 1.165) is 19.5 Å². The lowest BCUT2D eigenvalue weighted by Crippen LogP contribution is -2.51. The molecule has 3 amide bonds. The Morgan fingerprint density at radius 3 is 2.37 bits per heavy atom. The molecule has 1 aliphatic heterocycles. The van der Waals surface area contributed by atoms with E-state index in [1.165, 1.54) is 37.4 Å². The lowest BCUT2D eigenvalue weighted by Gasteiger charge is -2.32. The molecule has 1 heterocycles. The highest BCUT2D eigenvalue weighted by Crippen LogP contribution is 2.27. The highest BCUT2D eigenvalue weighted by atomic mass is 32.2. The van der Waals surface area contributed by atoms with E-state index in [1.54, 1.807) is 11.8 Å². The van der Waals surface area contributed by atoms with Crippen molar-refractivity contribution in [1.82, 2.24) is 20.0 Å². The van der Waals surface area contributed by atoms with Crippen LogP contribution in [0.1, 0.15) is 39.0 Å². The lowest BCUT2D eigenvalue weighted by atomic mass is 10.0. The van der Waals surface area contributed by atoms with Crippen LogP contribution in [0.2, 0.25) is 0 Å². The number of nitrogens with zero attached hydrogens (tertiary/aromatic N) is 3. The first-order chi connectivity index (χ1) is 13.0. The van der Waals surface area contributed by atoms with E-state index in [9.17, 15) is 14.4 Å². The average molecular weight is 399 g/mol. The van der Waals surface area contributed by atoms with E-state index in [-0.39, 0.29) is 23.6 Å². The van der Waals surface area contributed by atoms with Gasteiger partial charge in [0.15, 0.2) is 5.12 Å². The number of amides is 3. The van der Waals surface area contributed by atoms with Gasteiger partial charge in [-0.25, -0.2) is 4.79 Å². The van der Waals surface area contributed by atoms with Crippen molar-refractivity contribution in [3.05, 3.63) is 0 Å². The van der Waals surface area contributed by atoms with Crippen LogP contribution in [-0.2, 0) is 9.59 Å². The maximum absolute atomic E-state index is 12.6. The Morgan fingerprint density at radius 1 is 1.07 bits per heavy atom. The predicted molar refractivity (Wildman–Crippen MR) is 109 cm³/mol. The molecule has 1 saturated carbocycles. The van der Waals surface area contributed by atoms with Gasteiger partial charge in [-0.2, -0.15) is 0 Å². The quantitative estimate of drug-likeness (QED) is 0.673. The number of piperazine rings is 1. The van der Waals surface area contributed by atoms with Gasteiger partial charge in [-0.05, 0) is 19.4 Å². The van der Waals surface area contributed by atoms with Crippen molar-refractivity contribution in [3.63, 3.8) is 0 Å². The van der Waals surface area contributed by atoms with Gasteiger partial charge in [0, 0.05) is 51.9 Å². The van der Waals surface area contributed by atoms with Crippen LogP contribution in [0.4, 0.5) is 4.79 Å². The van der Waals surface area contributed by atoms with Crippen LogP contribution in [0.15, 0.2) is 0 Å². The average Bonchev–Trinajstić information content (AvgIpc) is 3.16. The van der Waals surface area contributed by atoms with E-state index >= 15 is 0 Å². The molecule has 2 rings (SSSR count). The van der Waals surface area contributed by atoms with Gasteiger partial charge in [0.25, 0.3) is 0 Å². The number of likely N-dealkylation sites (N-methyl/N-ethyl adjacent to an activating group) is 1. The summed E-state index contributed by atoms with van der Waals surface area (Å²) in [4.78, 5) is 41.9. The minimum absolute atomic E-state index is 0.0229. The smallest absolute Gasteiger partial charge is 0.317 e. The van der Waals surface area contributed by atoms with Gasteiger partial charge in [-0.15, -0.1) is 0 Å². The van der Waals surface area contributed by atoms with Crippen LogP contribution in [0.5, 0.6) is 0 Å². The van der Waals surface area contributed by atoms with Crippen LogP contribution >= 0.6 is 11.8 Å². The van der Waals surface area contributed by atoms with Gasteiger partial charge in [0.1, 0.15) is 0 Å². The molecule has 1 saturated heterocycles. The maximum atomic E-state index is 12.6. The summed E-state index contributed by atoms with van der Waals surface area (Å²) in [5.74, 6) is 1.28. The van der Waals surface area contributed by atoms with Gasteiger partial charge in [-0.3, -0.25) is 9.59 Å². The molecule has 0 unspecified atom stereocenters.